The summed E-state index contributed by atoms with van der Waals surface area (Å²) in [6.07, 6.45) is 2.31. The smallest absolute Gasteiger partial charge is 0.218 e. The fourth-order valence-electron chi connectivity index (χ4n) is 2.92. The van der Waals surface area contributed by atoms with Crippen LogP contribution >= 0.6 is 0 Å². The first-order valence-corrected chi connectivity index (χ1v) is 7.49. The van der Waals surface area contributed by atoms with Gasteiger partial charge in [0.2, 0.25) is 5.91 Å². The molecule has 0 saturated carbocycles. The van der Waals surface area contributed by atoms with Gasteiger partial charge in [-0.25, -0.2) is 0 Å². The second-order valence-corrected chi connectivity index (χ2v) is 5.42. The van der Waals surface area contributed by atoms with Crippen LogP contribution in [-0.4, -0.2) is 37.0 Å². The molecule has 1 aliphatic rings. The molecule has 2 rings (SSSR count). The lowest BCUT2D eigenvalue weighted by Crippen LogP contribution is -2.67. The van der Waals surface area contributed by atoms with Crippen LogP contribution in [0.4, 0.5) is 0 Å². The molecule has 20 heavy (non-hydrogen) atoms. The maximum absolute atomic E-state index is 11.7. The molecule has 1 amide bonds. The summed E-state index contributed by atoms with van der Waals surface area (Å²) in [5.41, 5.74) is 0.735. The van der Waals surface area contributed by atoms with Gasteiger partial charge < -0.3 is 10.6 Å². The highest BCUT2D eigenvalue weighted by Gasteiger charge is 2.40. The van der Waals surface area contributed by atoms with Crippen LogP contribution in [0.15, 0.2) is 30.3 Å². The van der Waals surface area contributed by atoms with Crippen molar-refractivity contribution in [3.05, 3.63) is 35.9 Å². The number of unbranched alkanes of at least 4 members (excludes halogenated alkanes) is 1. The minimum absolute atomic E-state index is 0.0130. The predicted molar refractivity (Wildman–Crippen MR) is 81.3 cm³/mol. The Morgan fingerprint density at radius 1 is 1.40 bits per heavy atom. The molecular weight excluding hydrogens is 250 g/mol. The molecule has 1 saturated heterocycles. The molecule has 1 atom stereocenters. The summed E-state index contributed by atoms with van der Waals surface area (Å²) in [4.78, 5) is 14.2. The molecule has 1 heterocycles. The van der Waals surface area contributed by atoms with Crippen molar-refractivity contribution in [2.45, 2.75) is 32.4 Å². The topological polar surface area (TPSA) is 44.4 Å². The van der Waals surface area contributed by atoms with Crippen molar-refractivity contribution in [1.29, 1.82) is 0 Å². The van der Waals surface area contributed by atoms with E-state index < -0.39 is 5.66 Å². The minimum Gasteiger partial charge on any atom is -0.333 e. The van der Waals surface area contributed by atoms with Crippen LogP contribution in [0.3, 0.4) is 0 Å². The summed E-state index contributed by atoms with van der Waals surface area (Å²) in [5, 5.41) is 6.62. The molecule has 4 heteroatoms. The summed E-state index contributed by atoms with van der Waals surface area (Å²) in [7, 11) is 0. The van der Waals surface area contributed by atoms with Gasteiger partial charge in [-0.2, -0.15) is 0 Å². The molecule has 2 N–H and O–H groups in total. The summed E-state index contributed by atoms with van der Waals surface area (Å²) in [5.74, 6) is 0.0130. The van der Waals surface area contributed by atoms with E-state index in [0.29, 0.717) is 0 Å². The van der Waals surface area contributed by atoms with E-state index in [1.807, 2.05) is 18.2 Å². The molecule has 1 aromatic rings. The standard InChI is InChI=1S/C16H25N3O/c1-3-4-11-19-12-10-17-13-16(19,18-14(2)20)15-8-6-5-7-9-15/h5-9,17H,3-4,10-13H2,1-2H3,(H,18,20). The van der Waals surface area contributed by atoms with Crippen molar-refractivity contribution in [2.24, 2.45) is 0 Å². The zero-order chi connectivity index (χ0) is 14.4. The van der Waals surface area contributed by atoms with Crippen molar-refractivity contribution in [1.82, 2.24) is 15.5 Å². The highest BCUT2D eigenvalue weighted by atomic mass is 16.1. The Morgan fingerprint density at radius 2 is 2.15 bits per heavy atom. The maximum Gasteiger partial charge on any atom is 0.218 e. The molecule has 110 valence electrons. The van der Waals surface area contributed by atoms with Crippen molar-refractivity contribution < 1.29 is 4.79 Å². The Balaban J connectivity index is 2.34. The van der Waals surface area contributed by atoms with Gasteiger partial charge in [0.15, 0.2) is 0 Å². The molecule has 1 aromatic carbocycles. The van der Waals surface area contributed by atoms with E-state index in [0.717, 1.165) is 44.6 Å². The van der Waals surface area contributed by atoms with Crippen molar-refractivity contribution in [3.63, 3.8) is 0 Å². The fraction of sp³-hybridized carbons (Fsp3) is 0.562. The van der Waals surface area contributed by atoms with E-state index in [2.05, 4.69) is 34.6 Å². The van der Waals surface area contributed by atoms with Crippen molar-refractivity contribution in [3.8, 4) is 0 Å². The van der Waals surface area contributed by atoms with Crippen molar-refractivity contribution in [2.75, 3.05) is 26.2 Å². The van der Waals surface area contributed by atoms with E-state index in [-0.39, 0.29) is 5.91 Å². The quantitative estimate of drug-likeness (QED) is 0.859. The van der Waals surface area contributed by atoms with Crippen LogP contribution in [-0.2, 0) is 10.5 Å². The van der Waals surface area contributed by atoms with Gasteiger partial charge in [-0.15, -0.1) is 0 Å². The summed E-state index contributed by atoms with van der Waals surface area (Å²) in [6, 6.07) is 10.3. The third kappa shape index (κ3) is 3.19. The van der Waals surface area contributed by atoms with Crippen LogP contribution in [0.2, 0.25) is 0 Å². The normalized spacial score (nSPS) is 23.5. The molecule has 0 spiro atoms. The second kappa shape index (κ2) is 6.86. The van der Waals surface area contributed by atoms with E-state index in [4.69, 9.17) is 0 Å². The van der Waals surface area contributed by atoms with E-state index in [1.54, 1.807) is 6.92 Å². The number of hydrogen-bond donors (Lipinski definition) is 2. The monoisotopic (exact) mass is 275 g/mol. The minimum atomic E-state index is -0.416. The van der Waals surface area contributed by atoms with Gasteiger partial charge in [0.1, 0.15) is 5.66 Å². The number of benzene rings is 1. The molecule has 1 unspecified atom stereocenters. The summed E-state index contributed by atoms with van der Waals surface area (Å²) < 4.78 is 0. The van der Waals surface area contributed by atoms with Crippen LogP contribution in [0.5, 0.6) is 0 Å². The van der Waals surface area contributed by atoms with E-state index in [1.165, 1.54) is 0 Å². The van der Waals surface area contributed by atoms with E-state index >= 15 is 0 Å². The SMILES string of the molecule is CCCCN1CCNCC1(NC(C)=O)c1ccccc1. The van der Waals surface area contributed by atoms with Crippen LogP contribution in [0.25, 0.3) is 0 Å². The van der Waals surface area contributed by atoms with Crippen LogP contribution < -0.4 is 10.6 Å². The summed E-state index contributed by atoms with van der Waals surface area (Å²) in [6.45, 7) is 7.48. The number of carbonyl (C=O) groups excluding carboxylic acids is 1. The average molecular weight is 275 g/mol. The maximum atomic E-state index is 11.7. The zero-order valence-electron chi connectivity index (χ0n) is 12.5. The van der Waals surface area contributed by atoms with Crippen LogP contribution in [0.1, 0.15) is 32.3 Å². The van der Waals surface area contributed by atoms with Gasteiger partial charge in [0, 0.05) is 33.1 Å². The van der Waals surface area contributed by atoms with Gasteiger partial charge in [-0.05, 0) is 12.0 Å². The number of carbonyl (C=O) groups is 1. The highest BCUT2D eigenvalue weighted by Crippen LogP contribution is 2.27. The number of rotatable bonds is 5. The average Bonchev–Trinajstić information content (AvgIpc) is 2.46. The Bertz CT molecular complexity index is 435. The molecule has 0 aromatic heterocycles. The lowest BCUT2D eigenvalue weighted by atomic mass is 9.94. The Kier molecular flexibility index (Phi) is 5.15. The Hall–Kier alpha value is -1.39. The number of hydrogen-bond acceptors (Lipinski definition) is 3. The molecule has 0 aliphatic carbocycles. The number of piperazine rings is 1. The number of nitrogens with zero attached hydrogens (tertiary/aromatic N) is 1. The number of amides is 1. The van der Waals surface area contributed by atoms with Gasteiger partial charge in [0.25, 0.3) is 0 Å². The largest absolute Gasteiger partial charge is 0.333 e. The van der Waals surface area contributed by atoms with Gasteiger partial charge in [-0.3, -0.25) is 9.69 Å². The summed E-state index contributed by atoms with van der Waals surface area (Å²) >= 11 is 0. The molecule has 1 aliphatic heterocycles. The predicted octanol–water partition coefficient (Wildman–Crippen LogP) is 1.68. The first-order chi connectivity index (χ1) is 9.69. The lowest BCUT2D eigenvalue weighted by molar-refractivity contribution is -0.125. The first-order valence-electron chi connectivity index (χ1n) is 7.49. The fourth-order valence-corrected chi connectivity index (χ4v) is 2.92. The van der Waals surface area contributed by atoms with E-state index in [9.17, 15) is 4.79 Å². The van der Waals surface area contributed by atoms with Crippen LogP contribution in [0, 0.1) is 0 Å². The third-order valence-corrected chi connectivity index (χ3v) is 3.89. The van der Waals surface area contributed by atoms with Gasteiger partial charge in [0.05, 0.1) is 0 Å². The molecular formula is C16H25N3O. The highest BCUT2D eigenvalue weighted by molar-refractivity contribution is 5.74. The zero-order valence-corrected chi connectivity index (χ0v) is 12.5. The molecule has 4 nitrogen and oxygen atoms in total. The Morgan fingerprint density at radius 3 is 2.80 bits per heavy atom. The molecule has 1 fully saturated rings. The van der Waals surface area contributed by atoms with Gasteiger partial charge >= 0.3 is 0 Å². The second-order valence-electron chi connectivity index (χ2n) is 5.42. The Labute approximate surface area is 121 Å². The van der Waals surface area contributed by atoms with Crippen molar-refractivity contribution >= 4 is 5.91 Å². The molecule has 0 radical (unpaired) electrons. The van der Waals surface area contributed by atoms with Gasteiger partial charge in [-0.1, -0.05) is 43.7 Å². The number of nitrogens with one attached hydrogen (secondary N) is 2. The molecule has 0 bridgehead atoms. The third-order valence-electron chi connectivity index (χ3n) is 3.89. The lowest BCUT2D eigenvalue weighted by Gasteiger charge is -2.48. The first kappa shape index (κ1) is 15.0.